The highest BCUT2D eigenvalue weighted by Crippen LogP contribution is 2.23. The SMILES string of the molecule is Cc1cccc(NC(=O)CC2CCS(=O)(=O)CC2)c1C. The van der Waals surface area contributed by atoms with E-state index < -0.39 is 9.84 Å². The number of anilines is 1. The third-order valence-corrected chi connectivity index (χ3v) is 5.74. The van der Waals surface area contributed by atoms with Gasteiger partial charge in [0.25, 0.3) is 0 Å². The standard InChI is InChI=1S/C15H21NO3S/c1-11-4-3-5-14(12(11)2)16-15(17)10-13-6-8-20(18,19)9-7-13/h3-5,13H,6-10H2,1-2H3,(H,16,17). The summed E-state index contributed by atoms with van der Waals surface area (Å²) in [6, 6.07) is 5.83. The fourth-order valence-electron chi connectivity index (χ4n) is 2.49. The van der Waals surface area contributed by atoms with Crippen LogP contribution in [0.15, 0.2) is 18.2 Å². The molecule has 0 aromatic heterocycles. The van der Waals surface area contributed by atoms with Crippen molar-refractivity contribution >= 4 is 21.4 Å². The minimum atomic E-state index is -2.85. The van der Waals surface area contributed by atoms with Crippen molar-refractivity contribution in [1.82, 2.24) is 0 Å². The number of hydrogen-bond acceptors (Lipinski definition) is 3. The average molecular weight is 295 g/mol. The molecule has 1 aliphatic rings. The van der Waals surface area contributed by atoms with Crippen molar-refractivity contribution in [2.24, 2.45) is 5.92 Å². The Labute approximate surface area is 120 Å². The van der Waals surface area contributed by atoms with E-state index in [1.165, 1.54) is 0 Å². The van der Waals surface area contributed by atoms with E-state index in [4.69, 9.17) is 0 Å². The van der Waals surface area contributed by atoms with E-state index in [1.54, 1.807) is 0 Å². The Morgan fingerprint density at radius 3 is 2.55 bits per heavy atom. The number of sulfone groups is 1. The lowest BCUT2D eigenvalue weighted by molar-refractivity contribution is -0.117. The summed E-state index contributed by atoms with van der Waals surface area (Å²) in [6.07, 6.45) is 1.61. The Balaban J connectivity index is 1.92. The van der Waals surface area contributed by atoms with Crippen LogP contribution in [0.4, 0.5) is 5.69 Å². The number of carbonyl (C=O) groups excluding carboxylic acids is 1. The molecule has 1 N–H and O–H groups in total. The molecule has 0 unspecified atom stereocenters. The minimum Gasteiger partial charge on any atom is -0.326 e. The first kappa shape index (κ1) is 15.0. The minimum absolute atomic E-state index is 0.0250. The zero-order valence-corrected chi connectivity index (χ0v) is 12.8. The van der Waals surface area contributed by atoms with E-state index in [-0.39, 0.29) is 23.3 Å². The van der Waals surface area contributed by atoms with Crippen molar-refractivity contribution in [2.75, 3.05) is 16.8 Å². The molecular formula is C15H21NO3S. The molecule has 1 saturated heterocycles. The number of nitrogens with one attached hydrogen (secondary N) is 1. The molecule has 1 amide bonds. The lowest BCUT2D eigenvalue weighted by Crippen LogP contribution is -2.26. The van der Waals surface area contributed by atoms with Crippen molar-refractivity contribution in [1.29, 1.82) is 0 Å². The van der Waals surface area contributed by atoms with Crippen molar-refractivity contribution in [3.05, 3.63) is 29.3 Å². The molecule has 0 radical (unpaired) electrons. The predicted molar refractivity (Wildman–Crippen MR) is 80.5 cm³/mol. The highest BCUT2D eigenvalue weighted by molar-refractivity contribution is 7.91. The van der Waals surface area contributed by atoms with Crippen LogP contribution in [-0.2, 0) is 14.6 Å². The van der Waals surface area contributed by atoms with Gasteiger partial charge in [-0.1, -0.05) is 12.1 Å². The summed E-state index contributed by atoms with van der Waals surface area (Å²) in [5, 5.41) is 2.93. The molecule has 1 heterocycles. The maximum absolute atomic E-state index is 12.0. The van der Waals surface area contributed by atoms with Crippen LogP contribution in [0.2, 0.25) is 0 Å². The van der Waals surface area contributed by atoms with Gasteiger partial charge in [-0.15, -0.1) is 0 Å². The van der Waals surface area contributed by atoms with Crippen LogP contribution >= 0.6 is 0 Å². The van der Waals surface area contributed by atoms with Crippen LogP contribution in [-0.4, -0.2) is 25.8 Å². The number of carbonyl (C=O) groups is 1. The molecule has 1 aliphatic heterocycles. The van der Waals surface area contributed by atoms with Gasteiger partial charge in [-0.25, -0.2) is 8.42 Å². The topological polar surface area (TPSA) is 63.2 Å². The smallest absolute Gasteiger partial charge is 0.224 e. The Morgan fingerprint density at radius 2 is 1.90 bits per heavy atom. The summed E-state index contributed by atoms with van der Waals surface area (Å²) in [5.74, 6) is 0.592. The van der Waals surface area contributed by atoms with Gasteiger partial charge in [0.15, 0.2) is 0 Å². The molecule has 1 fully saturated rings. The Hall–Kier alpha value is -1.36. The fraction of sp³-hybridized carbons (Fsp3) is 0.533. The first-order valence-electron chi connectivity index (χ1n) is 6.94. The summed E-state index contributed by atoms with van der Waals surface area (Å²) in [5.41, 5.74) is 3.07. The normalized spacial score (nSPS) is 18.7. The molecule has 1 aromatic rings. The van der Waals surface area contributed by atoms with Gasteiger partial charge in [0.2, 0.25) is 5.91 Å². The molecule has 4 nitrogen and oxygen atoms in total. The number of aryl methyl sites for hydroxylation is 1. The van der Waals surface area contributed by atoms with Gasteiger partial charge in [-0.2, -0.15) is 0 Å². The fourth-order valence-corrected chi connectivity index (χ4v) is 4.08. The van der Waals surface area contributed by atoms with Crippen molar-refractivity contribution < 1.29 is 13.2 Å². The van der Waals surface area contributed by atoms with Crippen LogP contribution in [0, 0.1) is 19.8 Å². The molecule has 0 aliphatic carbocycles. The lowest BCUT2D eigenvalue weighted by Gasteiger charge is -2.21. The maximum atomic E-state index is 12.0. The third-order valence-electron chi connectivity index (χ3n) is 4.03. The van der Waals surface area contributed by atoms with E-state index in [0.717, 1.165) is 16.8 Å². The van der Waals surface area contributed by atoms with Gasteiger partial charge in [0, 0.05) is 12.1 Å². The van der Waals surface area contributed by atoms with E-state index in [0.29, 0.717) is 19.3 Å². The average Bonchev–Trinajstić information content (AvgIpc) is 2.38. The van der Waals surface area contributed by atoms with E-state index in [9.17, 15) is 13.2 Å². The van der Waals surface area contributed by atoms with Gasteiger partial charge >= 0.3 is 0 Å². The van der Waals surface area contributed by atoms with Gasteiger partial charge in [0.05, 0.1) is 11.5 Å². The van der Waals surface area contributed by atoms with Gasteiger partial charge in [-0.3, -0.25) is 4.79 Å². The maximum Gasteiger partial charge on any atom is 0.224 e. The molecule has 5 heteroatoms. The zero-order chi connectivity index (χ0) is 14.8. The summed E-state index contributed by atoms with van der Waals surface area (Å²) in [6.45, 7) is 4.00. The highest BCUT2D eigenvalue weighted by Gasteiger charge is 2.25. The quantitative estimate of drug-likeness (QED) is 0.931. The number of rotatable bonds is 3. The van der Waals surface area contributed by atoms with Crippen LogP contribution in [0.25, 0.3) is 0 Å². The first-order chi connectivity index (χ1) is 9.37. The van der Waals surface area contributed by atoms with Crippen molar-refractivity contribution in [2.45, 2.75) is 33.1 Å². The summed E-state index contributed by atoms with van der Waals surface area (Å²) < 4.78 is 22.7. The molecule has 0 atom stereocenters. The Morgan fingerprint density at radius 1 is 1.25 bits per heavy atom. The summed E-state index contributed by atoms with van der Waals surface area (Å²) in [4.78, 5) is 12.0. The second-order valence-corrected chi connectivity index (χ2v) is 7.90. The van der Waals surface area contributed by atoms with Crippen LogP contribution in [0.1, 0.15) is 30.4 Å². The zero-order valence-electron chi connectivity index (χ0n) is 12.0. The molecule has 20 heavy (non-hydrogen) atoms. The van der Waals surface area contributed by atoms with Crippen LogP contribution in [0.3, 0.4) is 0 Å². The van der Waals surface area contributed by atoms with Crippen molar-refractivity contribution in [3.63, 3.8) is 0 Å². The monoisotopic (exact) mass is 295 g/mol. The van der Waals surface area contributed by atoms with Crippen LogP contribution in [0.5, 0.6) is 0 Å². The summed E-state index contributed by atoms with van der Waals surface area (Å²) >= 11 is 0. The molecule has 0 spiro atoms. The lowest BCUT2D eigenvalue weighted by atomic mass is 9.98. The molecule has 2 rings (SSSR count). The molecule has 0 bridgehead atoms. The van der Waals surface area contributed by atoms with Gasteiger partial charge < -0.3 is 5.32 Å². The predicted octanol–water partition coefficient (Wildman–Crippen LogP) is 2.46. The molecule has 110 valence electrons. The largest absolute Gasteiger partial charge is 0.326 e. The number of hydrogen-bond donors (Lipinski definition) is 1. The Kier molecular flexibility index (Phi) is 4.48. The number of amides is 1. The van der Waals surface area contributed by atoms with E-state index in [2.05, 4.69) is 5.32 Å². The molecule has 1 aromatic carbocycles. The van der Waals surface area contributed by atoms with Crippen molar-refractivity contribution in [3.8, 4) is 0 Å². The molecular weight excluding hydrogens is 274 g/mol. The third kappa shape index (κ3) is 3.82. The van der Waals surface area contributed by atoms with Gasteiger partial charge in [-0.05, 0) is 49.8 Å². The number of benzene rings is 1. The summed E-state index contributed by atoms with van der Waals surface area (Å²) in [7, 11) is -2.85. The molecule has 0 saturated carbocycles. The van der Waals surface area contributed by atoms with Gasteiger partial charge in [0.1, 0.15) is 9.84 Å². The second kappa shape index (κ2) is 5.95. The first-order valence-corrected chi connectivity index (χ1v) is 8.76. The second-order valence-electron chi connectivity index (χ2n) is 5.59. The van der Waals surface area contributed by atoms with Crippen LogP contribution < -0.4 is 5.32 Å². The van der Waals surface area contributed by atoms with E-state index in [1.807, 2.05) is 32.0 Å². The van der Waals surface area contributed by atoms with E-state index >= 15 is 0 Å². The highest BCUT2D eigenvalue weighted by atomic mass is 32.2. The Bertz CT molecular complexity index is 594.